The molecule has 0 atom stereocenters. The monoisotopic (exact) mass is 325 g/mol. The van der Waals surface area contributed by atoms with Crippen molar-refractivity contribution in [1.29, 1.82) is 0 Å². The highest BCUT2D eigenvalue weighted by Crippen LogP contribution is 2.13. The summed E-state index contributed by atoms with van der Waals surface area (Å²) in [7, 11) is 0. The number of nitrogens with one attached hydrogen (secondary N) is 1. The van der Waals surface area contributed by atoms with Crippen molar-refractivity contribution in [2.45, 2.75) is 6.54 Å². The average molecular weight is 326 g/mol. The third-order valence-corrected chi connectivity index (χ3v) is 3.12. The van der Waals surface area contributed by atoms with E-state index in [9.17, 15) is 13.6 Å². The summed E-state index contributed by atoms with van der Waals surface area (Å²) >= 11 is 3.26. The van der Waals surface area contributed by atoms with Gasteiger partial charge in [-0.1, -0.05) is 22.0 Å². The van der Waals surface area contributed by atoms with Crippen molar-refractivity contribution in [3.8, 4) is 0 Å². The van der Waals surface area contributed by atoms with Gasteiger partial charge >= 0.3 is 0 Å². The molecule has 2 rings (SSSR count). The molecule has 19 heavy (non-hydrogen) atoms. The van der Waals surface area contributed by atoms with Crippen molar-refractivity contribution >= 4 is 21.8 Å². The molecular formula is C14H10BrF2NO. The van der Waals surface area contributed by atoms with E-state index in [1.807, 2.05) is 0 Å². The molecule has 1 amide bonds. The fourth-order valence-corrected chi connectivity index (χ4v) is 1.84. The van der Waals surface area contributed by atoms with Gasteiger partial charge in [-0.25, -0.2) is 8.78 Å². The Kier molecular flexibility index (Phi) is 4.27. The van der Waals surface area contributed by atoms with Crippen LogP contribution in [-0.4, -0.2) is 5.91 Å². The van der Waals surface area contributed by atoms with Crippen LogP contribution in [0.1, 0.15) is 15.9 Å². The molecule has 0 aromatic heterocycles. The Morgan fingerprint density at radius 3 is 2.21 bits per heavy atom. The number of hydrogen-bond donors (Lipinski definition) is 1. The molecule has 0 saturated carbocycles. The molecule has 98 valence electrons. The lowest BCUT2D eigenvalue weighted by Crippen LogP contribution is -2.23. The molecular weight excluding hydrogens is 316 g/mol. The third kappa shape index (κ3) is 3.38. The van der Waals surface area contributed by atoms with Crippen molar-refractivity contribution in [3.05, 3.63) is 69.7 Å². The Hall–Kier alpha value is -1.75. The van der Waals surface area contributed by atoms with E-state index in [1.54, 1.807) is 24.3 Å². The lowest BCUT2D eigenvalue weighted by atomic mass is 10.1. The van der Waals surface area contributed by atoms with Gasteiger partial charge in [-0.05, 0) is 36.4 Å². The zero-order chi connectivity index (χ0) is 13.8. The SMILES string of the molecule is O=C(NCc1c(F)cccc1F)c1ccc(Br)cc1. The maximum Gasteiger partial charge on any atom is 0.251 e. The van der Waals surface area contributed by atoms with Crippen LogP contribution < -0.4 is 5.32 Å². The lowest BCUT2D eigenvalue weighted by molar-refractivity contribution is 0.0950. The third-order valence-electron chi connectivity index (χ3n) is 2.59. The molecule has 0 saturated heterocycles. The predicted octanol–water partition coefficient (Wildman–Crippen LogP) is 3.66. The molecule has 0 aliphatic carbocycles. The molecule has 0 aliphatic rings. The van der Waals surface area contributed by atoms with E-state index in [-0.39, 0.29) is 18.0 Å². The smallest absolute Gasteiger partial charge is 0.251 e. The highest BCUT2D eigenvalue weighted by molar-refractivity contribution is 9.10. The molecule has 0 spiro atoms. The highest BCUT2D eigenvalue weighted by Gasteiger charge is 2.10. The summed E-state index contributed by atoms with van der Waals surface area (Å²) in [6.45, 7) is -0.187. The van der Waals surface area contributed by atoms with Crippen molar-refractivity contribution in [1.82, 2.24) is 5.32 Å². The van der Waals surface area contributed by atoms with Gasteiger partial charge in [0.05, 0.1) is 0 Å². The maximum atomic E-state index is 13.4. The van der Waals surface area contributed by atoms with Crippen LogP contribution >= 0.6 is 15.9 Å². The number of rotatable bonds is 3. The van der Waals surface area contributed by atoms with E-state index in [0.29, 0.717) is 5.56 Å². The molecule has 2 aromatic carbocycles. The molecule has 0 bridgehead atoms. The minimum absolute atomic E-state index is 0.145. The molecule has 1 N–H and O–H groups in total. The van der Waals surface area contributed by atoms with Gasteiger partial charge in [0.1, 0.15) is 11.6 Å². The van der Waals surface area contributed by atoms with Gasteiger partial charge in [-0.2, -0.15) is 0 Å². The number of amides is 1. The first kappa shape index (κ1) is 13.7. The number of carbonyl (C=O) groups is 1. The molecule has 2 nitrogen and oxygen atoms in total. The summed E-state index contributed by atoms with van der Waals surface area (Å²) in [4.78, 5) is 11.8. The molecule has 0 radical (unpaired) electrons. The Bertz CT molecular complexity index is 579. The summed E-state index contributed by atoms with van der Waals surface area (Å²) in [6.07, 6.45) is 0. The van der Waals surface area contributed by atoms with E-state index in [1.165, 1.54) is 6.07 Å². The van der Waals surface area contributed by atoms with Crippen LogP contribution in [0.4, 0.5) is 8.78 Å². The van der Waals surface area contributed by atoms with E-state index in [0.717, 1.165) is 16.6 Å². The van der Waals surface area contributed by atoms with E-state index >= 15 is 0 Å². The van der Waals surface area contributed by atoms with E-state index in [2.05, 4.69) is 21.2 Å². The zero-order valence-electron chi connectivity index (χ0n) is 9.79. The molecule has 0 unspecified atom stereocenters. The number of benzene rings is 2. The fourth-order valence-electron chi connectivity index (χ4n) is 1.57. The summed E-state index contributed by atoms with van der Waals surface area (Å²) < 4.78 is 27.6. The molecule has 0 aliphatic heterocycles. The zero-order valence-corrected chi connectivity index (χ0v) is 11.4. The van der Waals surface area contributed by atoms with Crippen molar-refractivity contribution < 1.29 is 13.6 Å². The Morgan fingerprint density at radius 1 is 1.05 bits per heavy atom. The molecule has 5 heteroatoms. The van der Waals surface area contributed by atoms with Gasteiger partial charge in [-0.15, -0.1) is 0 Å². The molecule has 2 aromatic rings. The largest absolute Gasteiger partial charge is 0.348 e. The minimum atomic E-state index is -0.670. The van der Waals surface area contributed by atoms with Crippen LogP contribution in [-0.2, 0) is 6.54 Å². The van der Waals surface area contributed by atoms with Gasteiger partial charge in [0.25, 0.3) is 5.91 Å². The second-order valence-electron chi connectivity index (χ2n) is 3.89. The predicted molar refractivity (Wildman–Crippen MR) is 71.7 cm³/mol. The average Bonchev–Trinajstić information content (AvgIpc) is 2.38. The van der Waals surface area contributed by atoms with Gasteiger partial charge < -0.3 is 5.32 Å². The maximum absolute atomic E-state index is 13.4. The number of carbonyl (C=O) groups excluding carboxylic acids is 1. The summed E-state index contributed by atoms with van der Waals surface area (Å²) in [5, 5.41) is 2.48. The standard InChI is InChI=1S/C14H10BrF2NO/c15-10-6-4-9(5-7-10)14(19)18-8-11-12(16)2-1-3-13(11)17/h1-7H,8H2,(H,18,19). The van der Waals surface area contributed by atoms with Gasteiger partial charge in [0.2, 0.25) is 0 Å². The topological polar surface area (TPSA) is 29.1 Å². The van der Waals surface area contributed by atoms with E-state index in [4.69, 9.17) is 0 Å². The fraction of sp³-hybridized carbons (Fsp3) is 0.0714. The first-order valence-corrected chi connectivity index (χ1v) is 6.34. The van der Waals surface area contributed by atoms with Gasteiger partial charge in [0, 0.05) is 22.1 Å². The second kappa shape index (κ2) is 5.93. The summed E-state index contributed by atoms with van der Waals surface area (Å²) in [6, 6.07) is 10.3. The van der Waals surface area contributed by atoms with Crippen molar-refractivity contribution in [2.75, 3.05) is 0 Å². The van der Waals surface area contributed by atoms with E-state index < -0.39 is 11.6 Å². The Morgan fingerprint density at radius 2 is 1.63 bits per heavy atom. The van der Waals surface area contributed by atoms with Crippen molar-refractivity contribution in [2.24, 2.45) is 0 Å². The summed E-state index contributed by atoms with van der Waals surface area (Å²) in [5.74, 6) is -1.72. The lowest BCUT2D eigenvalue weighted by Gasteiger charge is -2.07. The van der Waals surface area contributed by atoms with Gasteiger partial charge in [0.15, 0.2) is 0 Å². The minimum Gasteiger partial charge on any atom is -0.348 e. The highest BCUT2D eigenvalue weighted by atomic mass is 79.9. The van der Waals surface area contributed by atoms with Crippen LogP contribution in [0, 0.1) is 11.6 Å². The summed E-state index contributed by atoms with van der Waals surface area (Å²) in [5.41, 5.74) is 0.285. The normalized spacial score (nSPS) is 10.3. The Labute approximate surface area is 117 Å². The van der Waals surface area contributed by atoms with Crippen LogP contribution in [0.2, 0.25) is 0 Å². The first-order chi connectivity index (χ1) is 9.08. The van der Waals surface area contributed by atoms with Crippen LogP contribution in [0.3, 0.4) is 0 Å². The number of halogens is 3. The van der Waals surface area contributed by atoms with Crippen molar-refractivity contribution in [3.63, 3.8) is 0 Å². The quantitative estimate of drug-likeness (QED) is 0.916. The van der Waals surface area contributed by atoms with Gasteiger partial charge in [-0.3, -0.25) is 4.79 Å². The first-order valence-electron chi connectivity index (χ1n) is 5.54. The Balaban J connectivity index is 2.06. The number of hydrogen-bond acceptors (Lipinski definition) is 1. The second-order valence-corrected chi connectivity index (χ2v) is 4.81. The van der Waals surface area contributed by atoms with Crippen LogP contribution in [0.15, 0.2) is 46.9 Å². The van der Waals surface area contributed by atoms with Crippen LogP contribution in [0.5, 0.6) is 0 Å². The molecule has 0 heterocycles. The molecule has 0 fully saturated rings. The van der Waals surface area contributed by atoms with Crippen LogP contribution in [0.25, 0.3) is 0 Å².